The number of rotatable bonds is 4. The van der Waals surface area contributed by atoms with E-state index in [-0.39, 0.29) is 14.5 Å². The first-order chi connectivity index (χ1) is 9.79. The molecular formula is C12H7BrF2N2O3S. The van der Waals surface area contributed by atoms with Crippen LogP contribution >= 0.6 is 27.3 Å². The lowest BCUT2D eigenvalue weighted by Crippen LogP contribution is -2.04. The average Bonchev–Trinajstić information content (AvgIpc) is 2.78. The zero-order valence-corrected chi connectivity index (χ0v) is 12.8. The number of hydrogen-bond acceptors (Lipinski definition) is 5. The molecule has 5 nitrogen and oxygen atoms in total. The Morgan fingerprint density at radius 2 is 1.90 bits per heavy atom. The molecule has 0 unspecified atom stereocenters. The van der Waals surface area contributed by atoms with Gasteiger partial charge in [0.05, 0.1) is 0 Å². The van der Waals surface area contributed by atoms with Gasteiger partial charge in [0, 0.05) is 11.4 Å². The van der Waals surface area contributed by atoms with Crippen molar-refractivity contribution in [3.63, 3.8) is 0 Å². The van der Waals surface area contributed by atoms with E-state index in [0.29, 0.717) is 11.3 Å². The summed E-state index contributed by atoms with van der Waals surface area (Å²) in [6.45, 7) is 1.19. The van der Waals surface area contributed by atoms with E-state index in [1.54, 1.807) is 0 Å². The van der Waals surface area contributed by atoms with Crippen LogP contribution in [0, 0.1) is 11.6 Å². The van der Waals surface area contributed by atoms with E-state index in [1.807, 2.05) is 0 Å². The minimum Gasteiger partial charge on any atom is -0.476 e. The highest BCUT2D eigenvalue weighted by Gasteiger charge is 2.22. The number of ketones is 1. The number of carboxylic acids is 1. The van der Waals surface area contributed by atoms with E-state index in [0.717, 1.165) is 12.1 Å². The fourth-order valence-electron chi connectivity index (χ4n) is 1.53. The summed E-state index contributed by atoms with van der Waals surface area (Å²) in [5, 5.41) is 11.2. The van der Waals surface area contributed by atoms with Crippen molar-refractivity contribution in [2.24, 2.45) is 0 Å². The number of anilines is 2. The highest BCUT2D eigenvalue weighted by atomic mass is 79.9. The van der Waals surface area contributed by atoms with Gasteiger partial charge in [-0.2, -0.15) is 0 Å². The van der Waals surface area contributed by atoms with Crippen LogP contribution in [0.2, 0.25) is 0 Å². The second-order valence-corrected chi connectivity index (χ2v) is 5.84. The minimum absolute atomic E-state index is 0.0854. The maximum atomic E-state index is 13.7. The van der Waals surface area contributed by atoms with Gasteiger partial charge in [0.15, 0.2) is 28.2 Å². The molecule has 1 heterocycles. The van der Waals surface area contributed by atoms with Gasteiger partial charge in [0.2, 0.25) is 0 Å². The van der Waals surface area contributed by atoms with Gasteiger partial charge in [-0.05, 0) is 12.1 Å². The number of carbonyl (C=O) groups is 2. The fourth-order valence-corrected chi connectivity index (χ4v) is 2.78. The van der Waals surface area contributed by atoms with Gasteiger partial charge in [-0.3, -0.25) is 4.79 Å². The summed E-state index contributed by atoms with van der Waals surface area (Å²) < 4.78 is 27.6. The highest BCUT2D eigenvalue weighted by Crippen LogP contribution is 2.30. The maximum absolute atomic E-state index is 13.7. The molecule has 0 atom stereocenters. The number of thiazole rings is 1. The van der Waals surface area contributed by atoms with Crippen LogP contribution in [0.3, 0.4) is 0 Å². The first kappa shape index (κ1) is 15.5. The summed E-state index contributed by atoms with van der Waals surface area (Å²) in [5.74, 6) is -3.63. The monoisotopic (exact) mass is 376 g/mol. The molecule has 2 N–H and O–H groups in total. The van der Waals surface area contributed by atoms with Crippen LogP contribution in [-0.4, -0.2) is 21.8 Å². The molecule has 0 spiro atoms. The van der Waals surface area contributed by atoms with Gasteiger partial charge in [-0.25, -0.2) is 18.6 Å². The molecule has 0 aliphatic heterocycles. The third-order valence-electron chi connectivity index (χ3n) is 2.39. The van der Waals surface area contributed by atoms with Crippen molar-refractivity contribution in [3.8, 4) is 0 Å². The summed E-state index contributed by atoms with van der Waals surface area (Å²) in [7, 11) is 0. The number of halogens is 3. The summed E-state index contributed by atoms with van der Waals surface area (Å²) in [6.07, 6.45) is 0. The van der Waals surface area contributed by atoms with Crippen molar-refractivity contribution in [1.29, 1.82) is 0 Å². The topological polar surface area (TPSA) is 79.3 Å². The van der Waals surface area contributed by atoms with Crippen molar-refractivity contribution in [1.82, 2.24) is 4.98 Å². The Morgan fingerprint density at radius 1 is 1.33 bits per heavy atom. The molecule has 0 saturated heterocycles. The minimum atomic E-state index is -1.39. The fraction of sp³-hybridized carbons (Fsp3) is 0.0833. The number of hydrogen-bond donors (Lipinski definition) is 2. The molecule has 0 aliphatic rings. The number of nitrogens with one attached hydrogen (secondary N) is 1. The number of carboxylic acid groups (broad SMARTS) is 1. The standard InChI is InChI=1S/C12H7BrF2N2O3S/c1-4(18)10-9(11(19)20)17-12(21-10)16-8-6(14)2-5(13)3-7(8)15/h2-3H,1H3,(H,16,17)(H,19,20). The van der Waals surface area contributed by atoms with Crippen molar-refractivity contribution in [3.05, 3.63) is 38.8 Å². The third-order valence-corrected chi connectivity index (χ3v) is 3.92. The molecule has 0 aliphatic carbocycles. The van der Waals surface area contributed by atoms with E-state index >= 15 is 0 Å². The SMILES string of the molecule is CC(=O)c1sc(Nc2c(F)cc(Br)cc2F)nc1C(=O)O. The zero-order valence-electron chi connectivity index (χ0n) is 10.4. The first-order valence-corrected chi connectivity index (χ1v) is 7.07. The molecule has 9 heteroatoms. The van der Waals surface area contributed by atoms with E-state index in [1.165, 1.54) is 6.92 Å². The molecule has 110 valence electrons. The van der Waals surface area contributed by atoms with Crippen LogP contribution in [0.25, 0.3) is 0 Å². The van der Waals surface area contributed by atoms with E-state index < -0.39 is 34.8 Å². The van der Waals surface area contributed by atoms with Crippen LogP contribution in [0.15, 0.2) is 16.6 Å². The Hall–Kier alpha value is -1.87. The van der Waals surface area contributed by atoms with Crippen LogP contribution in [0.5, 0.6) is 0 Å². The second-order valence-electron chi connectivity index (χ2n) is 3.93. The van der Waals surface area contributed by atoms with Crippen molar-refractivity contribution < 1.29 is 23.5 Å². The van der Waals surface area contributed by atoms with Crippen molar-refractivity contribution in [2.75, 3.05) is 5.32 Å². The predicted molar refractivity (Wildman–Crippen MR) is 76.4 cm³/mol. The van der Waals surface area contributed by atoms with Gasteiger partial charge < -0.3 is 10.4 Å². The first-order valence-electron chi connectivity index (χ1n) is 5.46. The van der Waals surface area contributed by atoms with Crippen molar-refractivity contribution in [2.45, 2.75) is 6.92 Å². The van der Waals surface area contributed by atoms with Gasteiger partial charge in [0.25, 0.3) is 0 Å². The predicted octanol–water partition coefficient (Wildman–Crippen LogP) is 3.83. The average molecular weight is 377 g/mol. The molecule has 0 bridgehead atoms. The van der Waals surface area contributed by atoms with E-state index in [9.17, 15) is 18.4 Å². The number of Topliss-reactive ketones (excluding diaryl/α,β-unsaturated/α-hetero) is 1. The molecule has 0 amide bonds. The number of nitrogens with zero attached hydrogens (tertiary/aromatic N) is 1. The van der Waals surface area contributed by atoms with Gasteiger partial charge in [-0.15, -0.1) is 0 Å². The molecule has 21 heavy (non-hydrogen) atoms. The summed E-state index contributed by atoms with van der Waals surface area (Å²) in [5.41, 5.74) is -0.924. The summed E-state index contributed by atoms with van der Waals surface area (Å²) in [4.78, 5) is 25.9. The zero-order chi connectivity index (χ0) is 15.7. The third kappa shape index (κ3) is 3.24. The molecule has 0 radical (unpaired) electrons. The molecule has 2 aromatic rings. The Balaban J connectivity index is 2.43. The Kier molecular flexibility index (Phi) is 4.33. The maximum Gasteiger partial charge on any atom is 0.356 e. The Bertz CT molecular complexity index is 694. The highest BCUT2D eigenvalue weighted by molar-refractivity contribution is 9.10. The Morgan fingerprint density at radius 3 is 2.33 bits per heavy atom. The number of carbonyl (C=O) groups excluding carboxylic acids is 1. The molecule has 0 fully saturated rings. The van der Waals surface area contributed by atoms with Crippen molar-refractivity contribution >= 4 is 49.8 Å². The molecular weight excluding hydrogens is 370 g/mol. The second kappa shape index (κ2) is 5.86. The van der Waals surface area contributed by atoms with Crippen LogP contribution in [0.4, 0.5) is 19.6 Å². The number of benzene rings is 1. The largest absolute Gasteiger partial charge is 0.476 e. The van der Waals surface area contributed by atoms with E-state index in [4.69, 9.17) is 5.11 Å². The number of aromatic nitrogens is 1. The van der Waals surface area contributed by atoms with Gasteiger partial charge in [-0.1, -0.05) is 27.3 Å². The lowest BCUT2D eigenvalue weighted by Gasteiger charge is -2.06. The molecule has 1 aromatic heterocycles. The number of aromatic carboxylic acids is 1. The summed E-state index contributed by atoms with van der Waals surface area (Å²) >= 11 is 3.66. The molecule has 2 rings (SSSR count). The van der Waals surface area contributed by atoms with Gasteiger partial charge >= 0.3 is 5.97 Å². The smallest absolute Gasteiger partial charge is 0.356 e. The normalized spacial score (nSPS) is 10.5. The quantitative estimate of drug-likeness (QED) is 0.792. The van der Waals surface area contributed by atoms with Gasteiger partial charge in [0.1, 0.15) is 10.6 Å². The van der Waals surface area contributed by atoms with Crippen LogP contribution in [-0.2, 0) is 0 Å². The van der Waals surface area contributed by atoms with Crippen LogP contribution in [0.1, 0.15) is 27.1 Å². The van der Waals surface area contributed by atoms with E-state index in [2.05, 4.69) is 26.2 Å². The lowest BCUT2D eigenvalue weighted by atomic mass is 10.3. The lowest BCUT2D eigenvalue weighted by molar-refractivity contribution is 0.0687. The summed E-state index contributed by atoms with van der Waals surface area (Å²) in [6, 6.07) is 2.09. The van der Waals surface area contributed by atoms with Crippen LogP contribution < -0.4 is 5.32 Å². The Labute approximate surface area is 129 Å². The molecule has 1 aromatic carbocycles. The molecule has 0 saturated carbocycles.